The maximum Gasteiger partial charge on any atom is 0.340 e. The zero-order valence-electron chi connectivity index (χ0n) is 11.7. The van der Waals surface area contributed by atoms with Crippen molar-refractivity contribution in [2.45, 2.75) is 0 Å². The second-order valence-corrected chi connectivity index (χ2v) is 4.73. The number of ether oxygens (including phenoxy) is 1. The van der Waals surface area contributed by atoms with E-state index in [1.54, 1.807) is 24.4 Å². The van der Waals surface area contributed by atoms with Gasteiger partial charge in [-0.3, -0.25) is 9.20 Å². The summed E-state index contributed by atoms with van der Waals surface area (Å²) in [5.74, 6) is -0.926. The van der Waals surface area contributed by atoms with Gasteiger partial charge >= 0.3 is 5.97 Å². The van der Waals surface area contributed by atoms with E-state index in [1.807, 2.05) is 0 Å². The number of esters is 1. The number of carbonyl (C=O) groups excluding carboxylic acids is 1. The molecule has 0 radical (unpaired) electrons. The van der Waals surface area contributed by atoms with E-state index in [0.29, 0.717) is 16.6 Å². The fourth-order valence-corrected chi connectivity index (χ4v) is 2.36. The zero-order chi connectivity index (χ0) is 15.7. The number of halogens is 1. The van der Waals surface area contributed by atoms with Gasteiger partial charge in [0.2, 0.25) is 0 Å². The molecule has 2 aromatic heterocycles. The molecule has 0 aliphatic heterocycles. The Morgan fingerprint density at radius 3 is 2.55 bits per heavy atom. The minimum atomic E-state index is -0.535. The first-order valence-electron chi connectivity index (χ1n) is 6.60. The van der Waals surface area contributed by atoms with E-state index in [0.717, 1.165) is 0 Å². The molecule has 2 heterocycles. The predicted octanol–water partition coefficient (Wildman–Crippen LogP) is 2.89. The molecule has 0 aliphatic carbocycles. The summed E-state index contributed by atoms with van der Waals surface area (Å²) < 4.78 is 19.2. The quantitative estimate of drug-likeness (QED) is 0.683. The molecular formula is C17H12FNO3. The van der Waals surface area contributed by atoms with E-state index in [9.17, 15) is 14.0 Å². The van der Waals surface area contributed by atoms with Crippen molar-refractivity contribution in [1.29, 1.82) is 0 Å². The van der Waals surface area contributed by atoms with Crippen LogP contribution >= 0.6 is 0 Å². The van der Waals surface area contributed by atoms with Crippen molar-refractivity contribution in [3.8, 4) is 11.1 Å². The van der Waals surface area contributed by atoms with E-state index in [-0.39, 0.29) is 11.1 Å². The molecular weight excluding hydrogens is 285 g/mol. The van der Waals surface area contributed by atoms with Gasteiger partial charge in [-0.05, 0) is 35.9 Å². The summed E-state index contributed by atoms with van der Waals surface area (Å²) in [4.78, 5) is 24.6. The van der Waals surface area contributed by atoms with Gasteiger partial charge < -0.3 is 4.74 Å². The van der Waals surface area contributed by atoms with Gasteiger partial charge in [0.25, 0.3) is 5.56 Å². The summed E-state index contributed by atoms with van der Waals surface area (Å²) in [6.45, 7) is 0. The number of rotatable bonds is 2. The Morgan fingerprint density at radius 2 is 1.86 bits per heavy atom. The fraction of sp³-hybridized carbons (Fsp3) is 0.0588. The van der Waals surface area contributed by atoms with Gasteiger partial charge in [0.15, 0.2) is 0 Å². The lowest BCUT2D eigenvalue weighted by Gasteiger charge is -2.09. The van der Waals surface area contributed by atoms with Crippen LogP contribution < -0.4 is 5.56 Å². The Hall–Kier alpha value is -2.95. The largest absolute Gasteiger partial charge is 0.465 e. The molecule has 4 nitrogen and oxygen atoms in total. The van der Waals surface area contributed by atoms with Crippen LogP contribution in [0.5, 0.6) is 0 Å². The van der Waals surface area contributed by atoms with Gasteiger partial charge in [-0.2, -0.15) is 0 Å². The summed E-state index contributed by atoms with van der Waals surface area (Å²) in [7, 11) is 1.28. The molecule has 0 atom stereocenters. The van der Waals surface area contributed by atoms with Crippen LogP contribution in [0.1, 0.15) is 10.4 Å². The number of nitrogens with zero attached hydrogens (tertiary/aromatic N) is 1. The van der Waals surface area contributed by atoms with E-state index in [4.69, 9.17) is 4.74 Å². The fourth-order valence-electron chi connectivity index (χ4n) is 2.36. The number of pyridine rings is 2. The second-order valence-electron chi connectivity index (χ2n) is 4.73. The minimum absolute atomic E-state index is 0.280. The molecule has 0 bridgehead atoms. The molecule has 0 amide bonds. The van der Waals surface area contributed by atoms with Crippen LogP contribution in [-0.4, -0.2) is 17.5 Å². The highest BCUT2D eigenvalue weighted by molar-refractivity contribution is 5.98. The van der Waals surface area contributed by atoms with Crippen molar-refractivity contribution < 1.29 is 13.9 Å². The number of aromatic nitrogens is 1. The topological polar surface area (TPSA) is 47.8 Å². The molecule has 110 valence electrons. The maximum atomic E-state index is 13.1. The molecule has 1 aromatic carbocycles. The average Bonchev–Trinajstić information content (AvgIpc) is 2.56. The summed E-state index contributed by atoms with van der Waals surface area (Å²) in [6.07, 6.45) is 1.58. The minimum Gasteiger partial charge on any atom is -0.465 e. The molecule has 0 spiro atoms. The van der Waals surface area contributed by atoms with E-state index < -0.39 is 11.8 Å². The van der Waals surface area contributed by atoms with Crippen molar-refractivity contribution in [2.24, 2.45) is 0 Å². The Morgan fingerprint density at radius 1 is 1.14 bits per heavy atom. The van der Waals surface area contributed by atoms with Crippen molar-refractivity contribution in [1.82, 2.24) is 4.40 Å². The van der Waals surface area contributed by atoms with Crippen LogP contribution in [0.3, 0.4) is 0 Å². The highest BCUT2D eigenvalue weighted by Crippen LogP contribution is 2.20. The first-order chi connectivity index (χ1) is 10.6. The highest BCUT2D eigenvalue weighted by Gasteiger charge is 2.16. The summed E-state index contributed by atoms with van der Waals surface area (Å²) >= 11 is 0. The number of fused-ring (bicyclic) bond motifs is 1. The van der Waals surface area contributed by atoms with Crippen molar-refractivity contribution in [3.05, 3.63) is 76.5 Å². The first-order valence-corrected chi connectivity index (χ1v) is 6.60. The molecule has 0 aliphatic rings. The Balaban J connectivity index is 2.36. The average molecular weight is 297 g/mol. The molecule has 0 saturated heterocycles. The molecule has 0 saturated carbocycles. The monoisotopic (exact) mass is 297 g/mol. The van der Waals surface area contributed by atoms with Crippen molar-refractivity contribution in [2.75, 3.05) is 7.11 Å². The number of carbonyl (C=O) groups is 1. The van der Waals surface area contributed by atoms with Gasteiger partial charge in [-0.15, -0.1) is 0 Å². The normalized spacial score (nSPS) is 10.6. The summed E-state index contributed by atoms with van der Waals surface area (Å²) in [5.41, 5.74) is 1.31. The third-order valence-electron chi connectivity index (χ3n) is 3.43. The van der Waals surface area contributed by atoms with Crippen LogP contribution in [0.15, 0.2) is 59.5 Å². The second kappa shape index (κ2) is 5.44. The lowest BCUT2D eigenvalue weighted by molar-refractivity contribution is 0.0602. The molecule has 0 unspecified atom stereocenters. The van der Waals surface area contributed by atoms with Crippen molar-refractivity contribution >= 4 is 11.5 Å². The lowest BCUT2D eigenvalue weighted by atomic mass is 10.0. The number of hydrogen-bond donors (Lipinski definition) is 0. The van der Waals surface area contributed by atoms with Crippen LogP contribution in [0.4, 0.5) is 4.39 Å². The SMILES string of the molecule is COC(=O)c1cc(-c2ccc(F)cc2)c(=O)n2ccccc12. The Kier molecular flexibility index (Phi) is 3.47. The standard InChI is InChI=1S/C17H12FNO3/c1-22-17(21)14-10-13(11-5-7-12(18)8-6-11)16(20)19-9-3-2-4-15(14)19/h2-10H,1H3. The molecule has 5 heteroatoms. The zero-order valence-corrected chi connectivity index (χ0v) is 11.7. The summed E-state index contributed by atoms with van der Waals surface area (Å²) in [5, 5.41) is 0. The van der Waals surface area contributed by atoms with Gasteiger partial charge in [-0.1, -0.05) is 18.2 Å². The third kappa shape index (κ3) is 2.26. The maximum absolute atomic E-state index is 13.1. The van der Waals surface area contributed by atoms with Gasteiger partial charge in [0, 0.05) is 11.8 Å². The van der Waals surface area contributed by atoms with Crippen LogP contribution in [-0.2, 0) is 4.74 Å². The van der Waals surface area contributed by atoms with Crippen molar-refractivity contribution in [3.63, 3.8) is 0 Å². The molecule has 0 fully saturated rings. The Labute approximate surface area is 125 Å². The molecule has 22 heavy (non-hydrogen) atoms. The Bertz CT molecular complexity index is 913. The van der Waals surface area contributed by atoms with Crippen LogP contribution in [0, 0.1) is 5.82 Å². The number of hydrogen-bond acceptors (Lipinski definition) is 3. The number of benzene rings is 1. The first kappa shape index (κ1) is 14.0. The number of methoxy groups -OCH3 is 1. The molecule has 0 N–H and O–H groups in total. The lowest BCUT2D eigenvalue weighted by Crippen LogP contribution is -2.19. The highest BCUT2D eigenvalue weighted by atomic mass is 19.1. The predicted molar refractivity (Wildman–Crippen MR) is 80.4 cm³/mol. The van der Waals surface area contributed by atoms with Crippen LogP contribution in [0.25, 0.3) is 16.6 Å². The van der Waals surface area contributed by atoms with Crippen LogP contribution in [0.2, 0.25) is 0 Å². The van der Waals surface area contributed by atoms with Gasteiger partial charge in [0.05, 0.1) is 18.2 Å². The molecule has 3 rings (SSSR count). The van der Waals surface area contributed by atoms with Gasteiger partial charge in [-0.25, -0.2) is 9.18 Å². The molecule has 3 aromatic rings. The third-order valence-corrected chi connectivity index (χ3v) is 3.43. The van der Waals surface area contributed by atoms with E-state index >= 15 is 0 Å². The van der Waals surface area contributed by atoms with E-state index in [1.165, 1.54) is 41.8 Å². The van der Waals surface area contributed by atoms with E-state index in [2.05, 4.69) is 0 Å². The van der Waals surface area contributed by atoms with Gasteiger partial charge in [0.1, 0.15) is 5.82 Å². The summed E-state index contributed by atoms with van der Waals surface area (Å²) in [6, 6.07) is 12.1. The smallest absolute Gasteiger partial charge is 0.340 e.